The molecule has 0 saturated heterocycles. The fourth-order valence-corrected chi connectivity index (χ4v) is 2.60. The topological polar surface area (TPSA) is 41.5 Å². The predicted molar refractivity (Wildman–Crippen MR) is 75.6 cm³/mol. The van der Waals surface area contributed by atoms with Gasteiger partial charge in [0.2, 0.25) is 0 Å². The minimum Gasteiger partial charge on any atom is -0.435 e. The summed E-state index contributed by atoms with van der Waals surface area (Å²) in [5, 5.41) is 13.7. The maximum Gasteiger partial charge on any atom is 0.387 e. The van der Waals surface area contributed by atoms with E-state index in [0.717, 1.165) is 12.1 Å². The molecular formula is C16H15F2NO2. The number of hydrogen-bond donors (Lipinski definition) is 2. The second-order valence-corrected chi connectivity index (χ2v) is 5.00. The van der Waals surface area contributed by atoms with E-state index in [1.165, 1.54) is 17.7 Å². The Morgan fingerprint density at radius 1 is 1.10 bits per heavy atom. The van der Waals surface area contributed by atoms with Gasteiger partial charge in [-0.15, -0.1) is 0 Å². The SMILES string of the molecule is OC(c1ccc(OC(F)F)cc1)C1Cc2ccccc2N1. The summed E-state index contributed by atoms with van der Waals surface area (Å²) in [5.74, 6) is 0.0867. The van der Waals surface area contributed by atoms with Crippen molar-refractivity contribution in [2.24, 2.45) is 0 Å². The van der Waals surface area contributed by atoms with E-state index >= 15 is 0 Å². The van der Waals surface area contributed by atoms with E-state index in [4.69, 9.17) is 0 Å². The van der Waals surface area contributed by atoms with E-state index in [1.54, 1.807) is 12.1 Å². The number of alkyl halides is 2. The van der Waals surface area contributed by atoms with E-state index < -0.39 is 12.7 Å². The lowest BCUT2D eigenvalue weighted by atomic mass is 9.99. The van der Waals surface area contributed by atoms with E-state index in [9.17, 15) is 13.9 Å². The molecule has 1 aliphatic rings. The van der Waals surface area contributed by atoms with Crippen molar-refractivity contribution >= 4 is 5.69 Å². The highest BCUT2D eigenvalue weighted by molar-refractivity contribution is 5.57. The highest BCUT2D eigenvalue weighted by Crippen LogP contribution is 2.32. The van der Waals surface area contributed by atoms with Crippen LogP contribution in [0.15, 0.2) is 48.5 Å². The van der Waals surface area contributed by atoms with Gasteiger partial charge in [-0.05, 0) is 35.7 Å². The zero-order valence-corrected chi connectivity index (χ0v) is 11.2. The van der Waals surface area contributed by atoms with Gasteiger partial charge in [0.05, 0.1) is 12.1 Å². The zero-order valence-electron chi connectivity index (χ0n) is 11.2. The highest BCUT2D eigenvalue weighted by atomic mass is 19.3. The number of rotatable bonds is 4. The largest absolute Gasteiger partial charge is 0.435 e. The summed E-state index contributed by atoms with van der Waals surface area (Å²) in [6.45, 7) is -2.84. The quantitative estimate of drug-likeness (QED) is 0.907. The van der Waals surface area contributed by atoms with E-state index in [0.29, 0.717) is 5.56 Å². The smallest absolute Gasteiger partial charge is 0.387 e. The molecule has 0 radical (unpaired) electrons. The summed E-state index contributed by atoms with van der Waals surface area (Å²) >= 11 is 0. The molecule has 5 heteroatoms. The van der Waals surface area contributed by atoms with Crippen molar-refractivity contribution in [2.45, 2.75) is 25.2 Å². The molecule has 0 aromatic heterocycles. The normalized spacial score (nSPS) is 18.2. The molecule has 0 aliphatic carbocycles. The first-order valence-electron chi connectivity index (χ1n) is 6.71. The monoisotopic (exact) mass is 291 g/mol. The lowest BCUT2D eigenvalue weighted by molar-refractivity contribution is -0.0498. The number of benzene rings is 2. The van der Waals surface area contributed by atoms with Gasteiger partial charge in [0, 0.05) is 5.69 Å². The molecule has 1 aliphatic heterocycles. The lowest BCUT2D eigenvalue weighted by Crippen LogP contribution is -2.24. The summed E-state index contributed by atoms with van der Waals surface area (Å²) in [6, 6.07) is 13.9. The Morgan fingerprint density at radius 3 is 2.48 bits per heavy atom. The number of ether oxygens (including phenoxy) is 1. The Labute approximate surface area is 121 Å². The Hall–Kier alpha value is -2.14. The Bertz CT molecular complexity index is 591. The first-order chi connectivity index (χ1) is 10.1. The third-order valence-electron chi connectivity index (χ3n) is 3.63. The number of fused-ring (bicyclic) bond motifs is 1. The van der Waals surface area contributed by atoms with Crippen LogP contribution in [0.1, 0.15) is 17.2 Å². The summed E-state index contributed by atoms with van der Waals surface area (Å²) in [4.78, 5) is 0. The molecule has 0 saturated carbocycles. The molecule has 0 spiro atoms. The standard InChI is InChI=1S/C16H15F2NO2/c17-16(18)21-12-7-5-10(6-8-12)15(20)14-9-11-3-1-2-4-13(11)19-14/h1-8,14-16,19-20H,9H2. The number of aliphatic hydroxyl groups is 1. The minimum atomic E-state index is -2.84. The molecule has 0 fully saturated rings. The number of anilines is 1. The molecule has 110 valence electrons. The van der Waals surface area contributed by atoms with Gasteiger partial charge in [0.15, 0.2) is 0 Å². The van der Waals surface area contributed by atoms with Crippen molar-refractivity contribution in [1.29, 1.82) is 0 Å². The molecule has 2 atom stereocenters. The van der Waals surface area contributed by atoms with Crippen LogP contribution >= 0.6 is 0 Å². The number of nitrogens with one attached hydrogen (secondary N) is 1. The second-order valence-electron chi connectivity index (χ2n) is 5.00. The molecule has 2 unspecified atom stereocenters. The molecule has 2 aromatic carbocycles. The summed E-state index contributed by atoms with van der Waals surface area (Å²) in [6.07, 6.45) is 0.0186. The average molecular weight is 291 g/mol. The van der Waals surface area contributed by atoms with Crippen LogP contribution in [-0.4, -0.2) is 17.8 Å². The van der Waals surface area contributed by atoms with Crippen molar-refractivity contribution in [1.82, 2.24) is 0 Å². The molecule has 21 heavy (non-hydrogen) atoms. The predicted octanol–water partition coefficient (Wildman–Crippen LogP) is 3.36. The third-order valence-corrected chi connectivity index (χ3v) is 3.63. The number of hydrogen-bond acceptors (Lipinski definition) is 3. The molecule has 3 rings (SSSR count). The van der Waals surface area contributed by atoms with Gasteiger partial charge in [0.1, 0.15) is 5.75 Å². The first-order valence-corrected chi connectivity index (χ1v) is 6.71. The maximum absolute atomic E-state index is 12.1. The highest BCUT2D eigenvalue weighted by Gasteiger charge is 2.27. The van der Waals surface area contributed by atoms with Gasteiger partial charge in [-0.2, -0.15) is 8.78 Å². The van der Waals surface area contributed by atoms with Crippen molar-refractivity contribution in [3.63, 3.8) is 0 Å². The van der Waals surface area contributed by atoms with Gasteiger partial charge >= 0.3 is 6.61 Å². The van der Waals surface area contributed by atoms with Crippen LogP contribution in [0.5, 0.6) is 5.75 Å². The maximum atomic E-state index is 12.1. The fraction of sp³-hybridized carbons (Fsp3) is 0.250. The molecule has 3 nitrogen and oxygen atoms in total. The molecule has 0 bridgehead atoms. The first kappa shape index (κ1) is 13.8. The average Bonchev–Trinajstić information content (AvgIpc) is 2.90. The van der Waals surface area contributed by atoms with E-state index in [-0.39, 0.29) is 11.8 Å². The van der Waals surface area contributed by atoms with E-state index in [2.05, 4.69) is 10.1 Å². The summed E-state index contributed by atoms with van der Waals surface area (Å²) in [5.41, 5.74) is 2.86. The zero-order chi connectivity index (χ0) is 14.8. The van der Waals surface area contributed by atoms with Crippen LogP contribution in [0.3, 0.4) is 0 Å². The fourth-order valence-electron chi connectivity index (χ4n) is 2.60. The van der Waals surface area contributed by atoms with Crippen LogP contribution in [-0.2, 0) is 6.42 Å². The molecule has 1 heterocycles. The molecular weight excluding hydrogens is 276 g/mol. The Kier molecular flexibility index (Phi) is 3.75. The third kappa shape index (κ3) is 2.97. The molecule has 0 amide bonds. The summed E-state index contributed by atoms with van der Waals surface area (Å²) in [7, 11) is 0. The van der Waals surface area contributed by atoms with E-state index in [1.807, 2.05) is 24.3 Å². The minimum absolute atomic E-state index is 0.0867. The van der Waals surface area contributed by atoms with Crippen LogP contribution in [0, 0.1) is 0 Å². The van der Waals surface area contributed by atoms with Gasteiger partial charge in [-0.1, -0.05) is 30.3 Å². The number of halogens is 2. The van der Waals surface area contributed by atoms with Crippen LogP contribution < -0.4 is 10.1 Å². The van der Waals surface area contributed by atoms with Gasteiger partial charge in [-0.25, -0.2) is 0 Å². The van der Waals surface area contributed by atoms with Crippen LogP contribution in [0.25, 0.3) is 0 Å². The van der Waals surface area contributed by atoms with Crippen molar-refractivity contribution in [3.8, 4) is 5.75 Å². The van der Waals surface area contributed by atoms with Crippen LogP contribution in [0.4, 0.5) is 14.5 Å². The van der Waals surface area contributed by atoms with Crippen LogP contribution in [0.2, 0.25) is 0 Å². The molecule has 2 N–H and O–H groups in total. The number of aliphatic hydroxyl groups excluding tert-OH is 1. The molecule has 2 aromatic rings. The van der Waals surface area contributed by atoms with Crippen molar-refractivity contribution < 1.29 is 18.6 Å². The second kappa shape index (κ2) is 5.69. The lowest BCUT2D eigenvalue weighted by Gasteiger charge is -2.19. The van der Waals surface area contributed by atoms with Gasteiger partial charge < -0.3 is 15.2 Å². The Morgan fingerprint density at radius 2 is 1.81 bits per heavy atom. The van der Waals surface area contributed by atoms with Crippen molar-refractivity contribution in [2.75, 3.05) is 5.32 Å². The van der Waals surface area contributed by atoms with Gasteiger partial charge in [0.25, 0.3) is 0 Å². The number of para-hydroxylation sites is 1. The van der Waals surface area contributed by atoms with Gasteiger partial charge in [-0.3, -0.25) is 0 Å². The summed E-state index contributed by atoms with van der Waals surface area (Å²) < 4.78 is 28.5. The Balaban J connectivity index is 1.70. The van der Waals surface area contributed by atoms with Crippen molar-refractivity contribution in [3.05, 3.63) is 59.7 Å².